The minimum atomic E-state index is -4.68. The quantitative estimate of drug-likeness (QED) is 0.217. The zero-order valence-corrected chi connectivity index (χ0v) is 20.6. The second kappa shape index (κ2) is 11.1. The molecule has 8 heteroatoms. The first-order valence-electron chi connectivity index (χ1n) is 10.5. The molecule has 0 aromatic heterocycles. The molecule has 0 aliphatic carbocycles. The van der Waals surface area contributed by atoms with Crippen molar-refractivity contribution in [3.63, 3.8) is 0 Å². The standard InChI is InChI=1S/C20H19S.C7H5F3O3S/c1-16-13-17(2)15-20(14-16)21(18-9-5-3-6-10-18)19-11-7-4-8-12-19;8-7(9,10)5-1-3-6(4-2-5)14(11,12)13/h3-15H,1-2H3;1-4H,(H,11,12,13)/q+1;/p-1. The SMILES string of the molecule is Cc1cc(C)cc([S+](c2ccccc2)c2ccccc2)c1.O=S(=O)([O-])c1ccc(C(F)(F)F)cc1. The van der Waals surface area contributed by atoms with Crippen molar-refractivity contribution in [2.45, 2.75) is 39.6 Å². The highest BCUT2D eigenvalue weighted by molar-refractivity contribution is 7.97. The van der Waals surface area contributed by atoms with Crippen molar-refractivity contribution < 1.29 is 26.1 Å². The lowest BCUT2D eigenvalue weighted by Crippen LogP contribution is -2.05. The number of alkyl halides is 3. The molecule has 0 heterocycles. The maximum Gasteiger partial charge on any atom is 0.416 e. The molecule has 0 saturated heterocycles. The van der Waals surface area contributed by atoms with E-state index in [9.17, 15) is 26.1 Å². The van der Waals surface area contributed by atoms with Gasteiger partial charge in [0.15, 0.2) is 14.7 Å². The minimum Gasteiger partial charge on any atom is -0.744 e. The van der Waals surface area contributed by atoms with Crippen LogP contribution in [0, 0.1) is 13.8 Å². The van der Waals surface area contributed by atoms with Crippen molar-refractivity contribution in [3.05, 3.63) is 120 Å². The highest BCUT2D eigenvalue weighted by atomic mass is 32.2. The van der Waals surface area contributed by atoms with Crippen LogP contribution in [-0.4, -0.2) is 13.0 Å². The zero-order valence-electron chi connectivity index (χ0n) is 19.0. The lowest BCUT2D eigenvalue weighted by Gasteiger charge is -2.09. The van der Waals surface area contributed by atoms with Gasteiger partial charge in [-0.05, 0) is 85.6 Å². The van der Waals surface area contributed by atoms with E-state index in [0.29, 0.717) is 24.3 Å². The Morgan fingerprint density at radius 1 is 0.657 bits per heavy atom. The van der Waals surface area contributed by atoms with Gasteiger partial charge in [0, 0.05) is 0 Å². The normalized spacial score (nSPS) is 11.6. The third kappa shape index (κ3) is 7.45. The lowest BCUT2D eigenvalue weighted by molar-refractivity contribution is -0.137. The summed E-state index contributed by atoms with van der Waals surface area (Å²) in [4.78, 5) is 3.46. The Morgan fingerprint density at radius 2 is 1.09 bits per heavy atom. The molecule has 0 spiro atoms. The summed E-state index contributed by atoms with van der Waals surface area (Å²) in [5.74, 6) is 0. The number of aryl methyl sites for hydroxylation is 2. The van der Waals surface area contributed by atoms with Crippen molar-refractivity contribution >= 4 is 21.0 Å². The van der Waals surface area contributed by atoms with Crippen LogP contribution in [0.5, 0.6) is 0 Å². The topological polar surface area (TPSA) is 57.2 Å². The molecule has 0 aliphatic rings. The molecule has 3 nitrogen and oxygen atoms in total. The zero-order chi connectivity index (χ0) is 25.6. The Balaban J connectivity index is 0.000000214. The maximum atomic E-state index is 12.0. The number of hydrogen-bond acceptors (Lipinski definition) is 3. The van der Waals surface area contributed by atoms with Gasteiger partial charge in [0.2, 0.25) is 0 Å². The average Bonchev–Trinajstić information content (AvgIpc) is 2.79. The van der Waals surface area contributed by atoms with Gasteiger partial charge in [0.1, 0.15) is 10.1 Å². The van der Waals surface area contributed by atoms with E-state index in [4.69, 9.17) is 0 Å². The molecule has 0 aliphatic heterocycles. The van der Waals surface area contributed by atoms with Gasteiger partial charge in [-0.15, -0.1) is 0 Å². The van der Waals surface area contributed by atoms with E-state index in [-0.39, 0.29) is 10.9 Å². The summed E-state index contributed by atoms with van der Waals surface area (Å²) in [6.45, 7) is 4.35. The van der Waals surface area contributed by atoms with Crippen molar-refractivity contribution in [3.8, 4) is 0 Å². The second-order valence-corrected chi connectivity index (χ2v) is 11.1. The molecular weight excluding hydrogens is 493 g/mol. The van der Waals surface area contributed by atoms with Crippen LogP contribution in [0.25, 0.3) is 0 Å². The van der Waals surface area contributed by atoms with Gasteiger partial charge >= 0.3 is 6.18 Å². The molecule has 0 radical (unpaired) electrons. The summed E-state index contributed by atoms with van der Waals surface area (Å²) in [6.07, 6.45) is -4.54. The molecule has 0 N–H and O–H groups in total. The van der Waals surface area contributed by atoms with Crippen LogP contribution in [0.2, 0.25) is 0 Å². The van der Waals surface area contributed by atoms with Gasteiger partial charge in [0.25, 0.3) is 0 Å². The first-order chi connectivity index (χ1) is 16.4. The first-order valence-corrected chi connectivity index (χ1v) is 13.1. The molecule has 4 aromatic rings. The predicted molar refractivity (Wildman–Crippen MR) is 130 cm³/mol. The molecule has 0 amide bonds. The van der Waals surface area contributed by atoms with E-state index in [1.54, 1.807) is 0 Å². The second-order valence-electron chi connectivity index (χ2n) is 7.73. The minimum absolute atomic E-state index is 0.0352. The van der Waals surface area contributed by atoms with Crippen LogP contribution < -0.4 is 0 Å². The van der Waals surface area contributed by atoms with E-state index in [2.05, 4.69) is 92.7 Å². The third-order valence-corrected chi connectivity index (χ3v) is 7.90. The largest absolute Gasteiger partial charge is 0.744 e. The van der Waals surface area contributed by atoms with Gasteiger partial charge in [-0.1, -0.05) is 42.5 Å². The van der Waals surface area contributed by atoms with Gasteiger partial charge < -0.3 is 4.55 Å². The lowest BCUT2D eigenvalue weighted by atomic mass is 10.2. The number of rotatable bonds is 4. The third-order valence-electron chi connectivity index (χ3n) is 4.86. The van der Waals surface area contributed by atoms with E-state index < -0.39 is 26.8 Å². The van der Waals surface area contributed by atoms with Gasteiger partial charge in [-0.25, -0.2) is 8.42 Å². The summed E-state index contributed by atoms with van der Waals surface area (Å²) in [5, 5.41) is 0. The van der Waals surface area contributed by atoms with Crippen molar-refractivity contribution in [2.75, 3.05) is 0 Å². The smallest absolute Gasteiger partial charge is 0.416 e. The molecule has 182 valence electrons. The summed E-state index contributed by atoms with van der Waals surface area (Å²) >= 11 is 0. The maximum absolute atomic E-state index is 12.0. The number of benzene rings is 4. The van der Waals surface area contributed by atoms with Crippen molar-refractivity contribution in [1.29, 1.82) is 0 Å². The molecule has 4 rings (SSSR count). The Kier molecular flexibility index (Phi) is 8.43. The Hall–Kier alpha value is -3.07. The number of halogens is 3. The molecular formula is C27H23F3O3S2. The predicted octanol–water partition coefficient (Wildman–Crippen LogP) is 7.01. The van der Waals surface area contributed by atoms with E-state index >= 15 is 0 Å². The molecule has 0 bridgehead atoms. The number of hydrogen-bond donors (Lipinski definition) is 0. The fourth-order valence-corrected chi connectivity index (χ4v) is 6.13. The van der Waals surface area contributed by atoms with Crippen LogP contribution in [0.15, 0.2) is 123 Å². The summed E-state index contributed by atoms with van der Waals surface area (Å²) in [7, 11) is -4.72. The van der Waals surface area contributed by atoms with Gasteiger partial charge in [-0.3, -0.25) is 0 Å². The summed E-state index contributed by atoms with van der Waals surface area (Å²) < 4.78 is 67.0. The first kappa shape index (κ1) is 26.5. The summed E-state index contributed by atoms with van der Waals surface area (Å²) in [6, 6.07) is 30.8. The fourth-order valence-electron chi connectivity index (χ4n) is 3.38. The summed E-state index contributed by atoms with van der Waals surface area (Å²) in [5.41, 5.74) is 1.66. The monoisotopic (exact) mass is 516 g/mol. The van der Waals surface area contributed by atoms with E-state index in [0.717, 1.165) is 0 Å². The Labute approximate surface area is 206 Å². The van der Waals surface area contributed by atoms with Gasteiger partial charge in [-0.2, -0.15) is 13.2 Å². The van der Waals surface area contributed by atoms with Crippen molar-refractivity contribution in [1.82, 2.24) is 0 Å². The molecule has 0 fully saturated rings. The van der Waals surface area contributed by atoms with Crippen molar-refractivity contribution in [2.24, 2.45) is 0 Å². The van der Waals surface area contributed by atoms with Crippen LogP contribution in [0.3, 0.4) is 0 Å². The van der Waals surface area contributed by atoms with Crippen LogP contribution in [-0.2, 0) is 27.2 Å². The van der Waals surface area contributed by atoms with E-state index in [1.807, 2.05) is 0 Å². The Bertz CT molecular complexity index is 1290. The molecule has 35 heavy (non-hydrogen) atoms. The van der Waals surface area contributed by atoms with Crippen LogP contribution >= 0.6 is 0 Å². The van der Waals surface area contributed by atoms with Crippen LogP contribution in [0.1, 0.15) is 16.7 Å². The Morgan fingerprint density at radius 3 is 1.46 bits per heavy atom. The molecule has 0 unspecified atom stereocenters. The van der Waals surface area contributed by atoms with E-state index in [1.165, 1.54) is 25.8 Å². The molecule has 0 saturated carbocycles. The molecule has 0 atom stereocenters. The fraction of sp³-hybridized carbons (Fsp3) is 0.111. The average molecular weight is 517 g/mol. The van der Waals surface area contributed by atoms with Crippen LogP contribution in [0.4, 0.5) is 13.2 Å². The molecule has 4 aromatic carbocycles. The van der Waals surface area contributed by atoms with Gasteiger partial charge in [0.05, 0.1) is 21.4 Å². The highest BCUT2D eigenvalue weighted by Crippen LogP contribution is 2.32. The highest BCUT2D eigenvalue weighted by Gasteiger charge is 2.30.